The highest BCUT2D eigenvalue weighted by atomic mass is 16.2. The van der Waals surface area contributed by atoms with E-state index in [1.807, 2.05) is 59.2 Å². The van der Waals surface area contributed by atoms with Gasteiger partial charge in [-0.1, -0.05) is 18.2 Å². The van der Waals surface area contributed by atoms with Gasteiger partial charge in [-0.3, -0.25) is 9.59 Å². The van der Waals surface area contributed by atoms with Crippen molar-refractivity contribution in [2.75, 3.05) is 26.2 Å². The van der Waals surface area contributed by atoms with Crippen LogP contribution in [-0.4, -0.2) is 68.2 Å². The predicted molar refractivity (Wildman–Crippen MR) is 126 cm³/mol. The minimum atomic E-state index is 0.0233. The molecule has 2 unspecified atom stereocenters. The van der Waals surface area contributed by atoms with Gasteiger partial charge in [-0.05, 0) is 66.5 Å². The monoisotopic (exact) mass is 452 g/mol. The third kappa shape index (κ3) is 2.81. The second-order valence-corrected chi connectivity index (χ2v) is 9.94. The third-order valence-electron chi connectivity index (χ3n) is 8.20. The lowest BCUT2D eigenvalue weighted by molar-refractivity contribution is 0.0629. The number of carbonyl (C=O) groups is 2. The topological polar surface area (TPSA) is 95.1 Å². The number of fused-ring (bicyclic) bond motifs is 6. The molecule has 4 aromatic rings. The van der Waals surface area contributed by atoms with Gasteiger partial charge in [-0.15, -0.1) is 0 Å². The highest BCUT2D eigenvalue weighted by molar-refractivity contribution is 5.98. The maximum Gasteiger partial charge on any atom is 0.272 e. The van der Waals surface area contributed by atoms with E-state index < -0.39 is 0 Å². The summed E-state index contributed by atoms with van der Waals surface area (Å²) in [5, 5.41) is 11.8. The number of rotatable bonds is 2. The molecule has 8 heteroatoms. The van der Waals surface area contributed by atoms with Crippen LogP contribution < -0.4 is 0 Å². The molecule has 34 heavy (non-hydrogen) atoms. The molecule has 2 aliphatic heterocycles. The number of pyridine rings is 1. The number of aromatic amines is 1. The van der Waals surface area contributed by atoms with Crippen LogP contribution in [0.5, 0.6) is 0 Å². The SMILES string of the molecule is Cc1cc(C(=O)N2CC3C(C2)[C@@H]2CN(C(=O)c4ccc5n[nH]nc5c4)C[C@H]32)nc2ccccc12. The van der Waals surface area contributed by atoms with E-state index in [9.17, 15) is 9.59 Å². The van der Waals surface area contributed by atoms with E-state index >= 15 is 0 Å². The Balaban J connectivity index is 1.05. The number of nitrogens with one attached hydrogen (secondary N) is 1. The molecule has 0 radical (unpaired) electrons. The van der Waals surface area contributed by atoms with Crippen molar-refractivity contribution in [3.8, 4) is 0 Å². The summed E-state index contributed by atoms with van der Waals surface area (Å²) in [6.45, 7) is 5.06. The molecule has 3 fully saturated rings. The number of aryl methyl sites for hydroxylation is 1. The number of para-hydroxylation sites is 1. The van der Waals surface area contributed by atoms with Gasteiger partial charge in [0.15, 0.2) is 0 Å². The average Bonchev–Trinajstić information content (AvgIpc) is 3.57. The Morgan fingerprint density at radius 1 is 0.794 bits per heavy atom. The van der Waals surface area contributed by atoms with E-state index in [0.717, 1.165) is 48.2 Å². The van der Waals surface area contributed by atoms with Crippen LogP contribution in [0, 0.1) is 30.6 Å². The van der Waals surface area contributed by atoms with Crippen molar-refractivity contribution < 1.29 is 9.59 Å². The number of hydrogen-bond acceptors (Lipinski definition) is 5. The number of H-pyrrole nitrogens is 1. The van der Waals surface area contributed by atoms with Gasteiger partial charge in [0.2, 0.25) is 0 Å². The molecular formula is C26H24N6O2. The largest absolute Gasteiger partial charge is 0.338 e. The van der Waals surface area contributed by atoms with Crippen LogP contribution in [0.3, 0.4) is 0 Å². The highest BCUT2D eigenvalue weighted by Crippen LogP contribution is 2.54. The smallest absolute Gasteiger partial charge is 0.272 e. The third-order valence-corrected chi connectivity index (χ3v) is 8.20. The van der Waals surface area contributed by atoms with Crippen LogP contribution >= 0.6 is 0 Å². The fourth-order valence-electron chi connectivity index (χ4n) is 6.48. The Morgan fingerprint density at radius 2 is 1.44 bits per heavy atom. The summed E-state index contributed by atoms with van der Waals surface area (Å²) in [4.78, 5) is 35.1. The van der Waals surface area contributed by atoms with Gasteiger partial charge in [-0.2, -0.15) is 15.4 Å². The molecule has 0 spiro atoms. The average molecular weight is 453 g/mol. The molecule has 1 N–H and O–H groups in total. The minimum Gasteiger partial charge on any atom is -0.338 e. The first-order valence-electron chi connectivity index (χ1n) is 11.8. The number of hydrogen-bond donors (Lipinski definition) is 1. The summed E-state index contributed by atoms with van der Waals surface area (Å²) < 4.78 is 0. The number of aromatic nitrogens is 4. The fourth-order valence-corrected chi connectivity index (χ4v) is 6.48. The van der Waals surface area contributed by atoms with Crippen LogP contribution in [0.2, 0.25) is 0 Å². The second kappa shape index (κ2) is 7.09. The summed E-state index contributed by atoms with van der Waals surface area (Å²) in [6, 6.07) is 15.3. The Bertz CT molecular complexity index is 1460. The lowest BCUT2D eigenvalue weighted by Crippen LogP contribution is -2.44. The van der Waals surface area contributed by atoms with Gasteiger partial charge >= 0.3 is 0 Å². The molecule has 4 heterocycles. The molecule has 4 atom stereocenters. The van der Waals surface area contributed by atoms with Crippen molar-refractivity contribution >= 4 is 33.8 Å². The van der Waals surface area contributed by atoms with Crippen molar-refractivity contribution in [1.82, 2.24) is 30.2 Å². The summed E-state index contributed by atoms with van der Waals surface area (Å²) in [6.07, 6.45) is 0. The van der Waals surface area contributed by atoms with Crippen LogP contribution in [0.4, 0.5) is 0 Å². The fraction of sp³-hybridized carbons (Fsp3) is 0.346. The summed E-state index contributed by atoms with van der Waals surface area (Å²) in [5.41, 5.74) is 4.59. The molecule has 8 nitrogen and oxygen atoms in total. The standard InChI is InChI=1S/C26H24N6O2/c1-14-8-24(27-21-5-3-2-4-16(14)21)26(34)32-12-19-17-10-31(11-18(17)20(19)13-32)25(33)15-6-7-22-23(9-15)29-30-28-22/h2-9,17-20H,10-13H2,1H3,(H,28,29,30)/t17-,18+,19?,20?. The number of benzene rings is 2. The Morgan fingerprint density at radius 3 is 2.18 bits per heavy atom. The number of likely N-dealkylation sites (tertiary alicyclic amines) is 2. The second-order valence-electron chi connectivity index (χ2n) is 9.94. The molecule has 1 aliphatic carbocycles. The zero-order chi connectivity index (χ0) is 23.0. The molecule has 2 amide bonds. The van der Waals surface area contributed by atoms with Crippen LogP contribution in [0.15, 0.2) is 48.5 Å². The Kier molecular flexibility index (Phi) is 4.10. The van der Waals surface area contributed by atoms with Gasteiger partial charge < -0.3 is 9.80 Å². The van der Waals surface area contributed by atoms with Crippen molar-refractivity contribution in [3.63, 3.8) is 0 Å². The zero-order valence-electron chi connectivity index (χ0n) is 18.8. The van der Waals surface area contributed by atoms with E-state index in [0.29, 0.717) is 40.4 Å². The number of nitrogens with zero attached hydrogens (tertiary/aromatic N) is 5. The highest BCUT2D eigenvalue weighted by Gasteiger charge is 2.59. The van der Waals surface area contributed by atoms with Crippen LogP contribution in [0.25, 0.3) is 21.9 Å². The predicted octanol–water partition coefficient (Wildman–Crippen LogP) is 2.90. The van der Waals surface area contributed by atoms with E-state index in [1.165, 1.54) is 0 Å². The Hall–Kier alpha value is -3.81. The van der Waals surface area contributed by atoms with Gasteiger partial charge in [-0.25, -0.2) is 4.98 Å². The lowest BCUT2D eigenvalue weighted by Gasteiger charge is -2.42. The molecule has 0 bridgehead atoms. The minimum absolute atomic E-state index is 0.0233. The molecule has 7 rings (SSSR count). The summed E-state index contributed by atoms with van der Waals surface area (Å²) >= 11 is 0. The molecule has 1 saturated carbocycles. The van der Waals surface area contributed by atoms with E-state index in [4.69, 9.17) is 0 Å². The van der Waals surface area contributed by atoms with E-state index in [-0.39, 0.29) is 11.8 Å². The van der Waals surface area contributed by atoms with E-state index in [1.54, 1.807) is 6.07 Å². The molecule has 2 aromatic carbocycles. The molecule has 170 valence electrons. The summed E-state index contributed by atoms with van der Waals surface area (Å²) in [5.74, 6) is 1.94. The quantitative estimate of drug-likeness (QED) is 0.505. The molecule has 2 saturated heterocycles. The van der Waals surface area contributed by atoms with E-state index in [2.05, 4.69) is 20.4 Å². The van der Waals surface area contributed by atoms with Crippen molar-refractivity contribution in [2.24, 2.45) is 23.7 Å². The molecule has 2 aromatic heterocycles. The van der Waals surface area contributed by atoms with Gasteiger partial charge in [0.05, 0.1) is 5.52 Å². The lowest BCUT2D eigenvalue weighted by atomic mass is 9.60. The zero-order valence-corrected chi connectivity index (χ0v) is 18.8. The Labute approximate surface area is 195 Å². The normalized spacial score (nSPS) is 25.4. The van der Waals surface area contributed by atoms with Gasteiger partial charge in [0.1, 0.15) is 16.7 Å². The van der Waals surface area contributed by atoms with Crippen molar-refractivity contribution in [2.45, 2.75) is 6.92 Å². The number of amides is 2. The first kappa shape index (κ1) is 19.6. The molecular weight excluding hydrogens is 428 g/mol. The first-order chi connectivity index (χ1) is 16.6. The maximum atomic E-state index is 13.3. The molecule has 3 aliphatic rings. The van der Waals surface area contributed by atoms with Crippen molar-refractivity contribution in [3.05, 3.63) is 65.4 Å². The maximum absolute atomic E-state index is 13.3. The summed E-state index contributed by atoms with van der Waals surface area (Å²) in [7, 11) is 0. The van der Waals surface area contributed by atoms with Gasteiger partial charge in [0, 0.05) is 37.1 Å². The first-order valence-corrected chi connectivity index (χ1v) is 11.8. The van der Waals surface area contributed by atoms with Gasteiger partial charge in [0.25, 0.3) is 11.8 Å². The van der Waals surface area contributed by atoms with Crippen LogP contribution in [0.1, 0.15) is 26.4 Å². The number of carbonyl (C=O) groups excluding carboxylic acids is 2. The van der Waals surface area contributed by atoms with Crippen LogP contribution in [-0.2, 0) is 0 Å². The van der Waals surface area contributed by atoms with Crippen molar-refractivity contribution in [1.29, 1.82) is 0 Å².